The minimum absolute atomic E-state index is 0.513. The molecule has 130 valence electrons. The lowest BCUT2D eigenvalue weighted by atomic mass is 9.95. The fraction of sp³-hybridized carbons (Fsp3) is 0.400. The summed E-state index contributed by atoms with van der Waals surface area (Å²) in [4.78, 5) is 9.24. The number of rotatable bonds is 4. The van der Waals surface area contributed by atoms with Crippen molar-refractivity contribution in [3.63, 3.8) is 0 Å². The van der Waals surface area contributed by atoms with E-state index in [0.29, 0.717) is 6.04 Å². The largest absolute Gasteiger partial charge is 0.497 e. The zero-order valence-electron chi connectivity index (χ0n) is 14.8. The van der Waals surface area contributed by atoms with E-state index in [2.05, 4.69) is 33.0 Å². The van der Waals surface area contributed by atoms with Crippen LogP contribution in [0, 0.1) is 6.92 Å². The normalized spacial score (nSPS) is 15.4. The van der Waals surface area contributed by atoms with Crippen molar-refractivity contribution in [2.45, 2.75) is 45.1 Å². The van der Waals surface area contributed by atoms with Gasteiger partial charge in [0.15, 0.2) is 5.65 Å². The van der Waals surface area contributed by atoms with Crippen molar-refractivity contribution in [1.82, 2.24) is 14.4 Å². The Morgan fingerprint density at radius 1 is 1.12 bits per heavy atom. The summed E-state index contributed by atoms with van der Waals surface area (Å²) < 4.78 is 7.42. The molecule has 25 heavy (non-hydrogen) atoms. The number of ether oxygens (including phenoxy) is 1. The molecule has 5 nitrogen and oxygen atoms in total. The summed E-state index contributed by atoms with van der Waals surface area (Å²) in [5, 5.41) is 3.77. The lowest BCUT2D eigenvalue weighted by Gasteiger charge is -2.24. The van der Waals surface area contributed by atoms with Gasteiger partial charge in [0, 0.05) is 17.8 Å². The third kappa shape index (κ3) is 3.18. The molecule has 0 saturated heterocycles. The highest BCUT2D eigenvalue weighted by atomic mass is 16.5. The Morgan fingerprint density at radius 2 is 1.88 bits per heavy atom. The summed E-state index contributed by atoms with van der Waals surface area (Å²) in [6.45, 7) is 2.01. The Balaban J connectivity index is 1.79. The molecule has 0 unspecified atom stereocenters. The monoisotopic (exact) mass is 336 g/mol. The molecule has 0 radical (unpaired) electrons. The molecule has 0 atom stereocenters. The molecule has 0 spiro atoms. The molecule has 0 bridgehead atoms. The first kappa shape index (κ1) is 15.9. The summed E-state index contributed by atoms with van der Waals surface area (Å²) in [5.74, 6) is 1.92. The second-order valence-electron chi connectivity index (χ2n) is 6.77. The second kappa shape index (κ2) is 6.75. The molecule has 1 fully saturated rings. The molecule has 1 aliphatic rings. The first-order valence-electron chi connectivity index (χ1n) is 9.00. The lowest BCUT2D eigenvalue weighted by molar-refractivity contribution is 0.415. The van der Waals surface area contributed by atoms with E-state index in [9.17, 15) is 0 Å². The van der Waals surface area contributed by atoms with Gasteiger partial charge < -0.3 is 10.1 Å². The van der Waals surface area contributed by atoms with Gasteiger partial charge in [-0.2, -0.15) is 0 Å². The van der Waals surface area contributed by atoms with Crippen molar-refractivity contribution in [2.24, 2.45) is 0 Å². The zero-order chi connectivity index (χ0) is 17.2. The number of anilines is 1. The van der Waals surface area contributed by atoms with Gasteiger partial charge in [-0.25, -0.2) is 4.98 Å². The molecule has 3 aromatic rings. The number of imidazole rings is 1. The molecule has 2 aromatic heterocycles. The maximum Gasteiger partial charge on any atom is 0.157 e. The standard InChI is InChI=1S/C20H24N4O/c1-14-13-24-18(12-21-14)23-19(15-8-10-17(25-2)11-9-15)20(24)22-16-6-4-3-5-7-16/h8-13,16,22H,3-7H2,1-2H3. The number of hydrogen-bond acceptors (Lipinski definition) is 4. The highest BCUT2D eigenvalue weighted by Crippen LogP contribution is 2.32. The van der Waals surface area contributed by atoms with Crippen molar-refractivity contribution < 1.29 is 4.74 Å². The molecule has 0 amide bonds. The van der Waals surface area contributed by atoms with Gasteiger partial charge in [-0.05, 0) is 44.0 Å². The van der Waals surface area contributed by atoms with Crippen molar-refractivity contribution in [1.29, 1.82) is 0 Å². The van der Waals surface area contributed by atoms with Crippen LogP contribution in [-0.2, 0) is 0 Å². The van der Waals surface area contributed by atoms with Crippen LogP contribution >= 0.6 is 0 Å². The first-order chi connectivity index (χ1) is 12.2. The van der Waals surface area contributed by atoms with Crippen molar-refractivity contribution in [3.8, 4) is 17.0 Å². The summed E-state index contributed by atoms with van der Waals surface area (Å²) >= 11 is 0. The van der Waals surface area contributed by atoms with Crippen molar-refractivity contribution in [3.05, 3.63) is 42.4 Å². The average molecular weight is 336 g/mol. The highest BCUT2D eigenvalue weighted by molar-refractivity contribution is 5.76. The number of aromatic nitrogens is 3. The molecular formula is C20H24N4O. The minimum Gasteiger partial charge on any atom is -0.497 e. The van der Waals surface area contributed by atoms with Crippen LogP contribution in [0.25, 0.3) is 16.9 Å². The van der Waals surface area contributed by atoms with Gasteiger partial charge >= 0.3 is 0 Å². The van der Waals surface area contributed by atoms with E-state index < -0.39 is 0 Å². The van der Waals surface area contributed by atoms with Gasteiger partial charge in [0.1, 0.15) is 17.3 Å². The minimum atomic E-state index is 0.513. The molecule has 1 saturated carbocycles. The summed E-state index contributed by atoms with van der Waals surface area (Å²) in [5.41, 5.74) is 3.91. The number of methoxy groups -OCH3 is 1. The zero-order valence-corrected chi connectivity index (χ0v) is 14.8. The SMILES string of the molecule is COc1ccc(-c2nc3cnc(C)cn3c2NC2CCCCC2)cc1. The fourth-order valence-electron chi connectivity index (χ4n) is 3.58. The summed E-state index contributed by atoms with van der Waals surface area (Å²) in [6, 6.07) is 8.60. The van der Waals surface area contributed by atoms with Crippen LogP contribution in [0.4, 0.5) is 5.82 Å². The van der Waals surface area contributed by atoms with Gasteiger partial charge in [-0.15, -0.1) is 0 Å². The van der Waals surface area contributed by atoms with Crippen molar-refractivity contribution >= 4 is 11.5 Å². The summed E-state index contributed by atoms with van der Waals surface area (Å²) in [6.07, 6.45) is 10.3. The molecule has 0 aliphatic heterocycles. The van der Waals surface area contributed by atoms with E-state index >= 15 is 0 Å². The maximum absolute atomic E-state index is 5.28. The number of aryl methyl sites for hydroxylation is 1. The van der Waals surface area contributed by atoms with Gasteiger partial charge in [0.05, 0.1) is 19.0 Å². The van der Waals surface area contributed by atoms with E-state index in [1.165, 1.54) is 32.1 Å². The molecular weight excluding hydrogens is 312 g/mol. The van der Waals surface area contributed by atoms with E-state index in [1.807, 2.05) is 25.3 Å². The molecule has 1 N–H and O–H groups in total. The van der Waals surface area contributed by atoms with Crippen LogP contribution < -0.4 is 10.1 Å². The first-order valence-corrected chi connectivity index (χ1v) is 9.00. The molecule has 1 aromatic carbocycles. The van der Waals surface area contributed by atoms with Gasteiger partial charge in [0.2, 0.25) is 0 Å². The molecule has 4 rings (SSSR count). The Labute approximate surface area is 148 Å². The average Bonchev–Trinajstić information content (AvgIpc) is 3.00. The Kier molecular flexibility index (Phi) is 4.30. The second-order valence-corrected chi connectivity index (χ2v) is 6.77. The number of hydrogen-bond donors (Lipinski definition) is 1. The van der Waals surface area contributed by atoms with Crippen molar-refractivity contribution in [2.75, 3.05) is 12.4 Å². The summed E-state index contributed by atoms with van der Waals surface area (Å²) in [7, 11) is 1.68. The van der Waals surface area contributed by atoms with Gasteiger partial charge in [-0.3, -0.25) is 9.38 Å². The Morgan fingerprint density at radius 3 is 2.60 bits per heavy atom. The number of benzene rings is 1. The Bertz CT molecular complexity index is 863. The van der Waals surface area contributed by atoms with Crippen LogP contribution in [0.5, 0.6) is 5.75 Å². The van der Waals surface area contributed by atoms with Crippen LogP contribution in [0.15, 0.2) is 36.7 Å². The van der Waals surface area contributed by atoms with Gasteiger partial charge in [-0.1, -0.05) is 19.3 Å². The van der Waals surface area contributed by atoms with Gasteiger partial charge in [0.25, 0.3) is 0 Å². The number of nitrogens with one attached hydrogen (secondary N) is 1. The quantitative estimate of drug-likeness (QED) is 0.764. The number of fused-ring (bicyclic) bond motifs is 1. The smallest absolute Gasteiger partial charge is 0.157 e. The van der Waals surface area contributed by atoms with Crippen LogP contribution in [0.3, 0.4) is 0 Å². The molecule has 1 aliphatic carbocycles. The van der Waals surface area contributed by atoms with E-state index in [0.717, 1.165) is 34.2 Å². The maximum atomic E-state index is 5.28. The molecule has 5 heteroatoms. The predicted octanol–water partition coefficient (Wildman–Crippen LogP) is 4.46. The highest BCUT2D eigenvalue weighted by Gasteiger charge is 2.20. The van der Waals surface area contributed by atoms with E-state index in [-0.39, 0.29) is 0 Å². The lowest BCUT2D eigenvalue weighted by Crippen LogP contribution is -2.23. The van der Waals surface area contributed by atoms with Crippen LogP contribution in [0.1, 0.15) is 37.8 Å². The van der Waals surface area contributed by atoms with Crippen LogP contribution in [-0.4, -0.2) is 27.5 Å². The molecule has 2 heterocycles. The number of nitrogens with zero attached hydrogens (tertiary/aromatic N) is 3. The predicted molar refractivity (Wildman–Crippen MR) is 100 cm³/mol. The third-order valence-electron chi connectivity index (χ3n) is 4.95. The van der Waals surface area contributed by atoms with Crippen LogP contribution in [0.2, 0.25) is 0 Å². The topological polar surface area (TPSA) is 51.5 Å². The van der Waals surface area contributed by atoms with E-state index in [1.54, 1.807) is 7.11 Å². The van der Waals surface area contributed by atoms with E-state index in [4.69, 9.17) is 9.72 Å². The Hall–Kier alpha value is -2.56. The fourth-order valence-corrected chi connectivity index (χ4v) is 3.58. The third-order valence-corrected chi connectivity index (χ3v) is 4.95.